The summed E-state index contributed by atoms with van der Waals surface area (Å²) in [5.41, 5.74) is 8.03. The van der Waals surface area contributed by atoms with Crippen molar-refractivity contribution in [3.05, 3.63) is 29.8 Å². The van der Waals surface area contributed by atoms with Crippen LogP contribution in [-0.2, 0) is 0 Å². The van der Waals surface area contributed by atoms with Gasteiger partial charge in [0.25, 0.3) is 0 Å². The zero-order valence-electron chi connectivity index (χ0n) is 12.3. The van der Waals surface area contributed by atoms with Crippen LogP contribution in [0.15, 0.2) is 24.3 Å². The molecule has 2 nitrogen and oxygen atoms in total. The van der Waals surface area contributed by atoms with E-state index in [0.29, 0.717) is 6.04 Å². The summed E-state index contributed by atoms with van der Waals surface area (Å²) < 4.78 is 0. The van der Waals surface area contributed by atoms with Gasteiger partial charge in [0.15, 0.2) is 0 Å². The number of hydrogen-bond donors (Lipinski definition) is 1. The van der Waals surface area contributed by atoms with Crippen molar-refractivity contribution in [2.75, 3.05) is 18.8 Å². The smallest absolute Gasteiger partial charge is 0.0314 e. The molecule has 0 aromatic heterocycles. The van der Waals surface area contributed by atoms with E-state index in [1.165, 1.54) is 31.5 Å². The quantitative estimate of drug-likeness (QED) is 0.805. The third-order valence-corrected chi connectivity index (χ3v) is 3.67. The molecule has 1 aliphatic rings. The van der Waals surface area contributed by atoms with Crippen molar-refractivity contribution in [2.24, 2.45) is 0 Å². The lowest BCUT2D eigenvalue weighted by Gasteiger charge is -2.34. The number of rotatable bonds is 2. The van der Waals surface area contributed by atoms with Crippen molar-refractivity contribution in [1.29, 1.82) is 0 Å². The number of benzene rings is 1. The van der Waals surface area contributed by atoms with Crippen molar-refractivity contribution in [3.8, 4) is 0 Å². The Balaban J connectivity index is 0.000000771. The number of anilines is 1. The van der Waals surface area contributed by atoms with Crippen LogP contribution < -0.4 is 5.73 Å². The van der Waals surface area contributed by atoms with Gasteiger partial charge in [-0.15, -0.1) is 0 Å². The molecule has 1 saturated heterocycles. The molecule has 1 fully saturated rings. The Labute approximate surface area is 112 Å². The minimum absolute atomic E-state index is 0.687. The van der Waals surface area contributed by atoms with E-state index < -0.39 is 0 Å². The first-order valence-electron chi connectivity index (χ1n) is 7.26. The Morgan fingerprint density at radius 3 is 2.00 bits per heavy atom. The molecular formula is C16H28N2. The van der Waals surface area contributed by atoms with E-state index in [0.717, 1.165) is 11.6 Å². The van der Waals surface area contributed by atoms with Gasteiger partial charge in [0.1, 0.15) is 0 Å². The largest absolute Gasteiger partial charge is 0.399 e. The fraction of sp³-hybridized carbons (Fsp3) is 0.625. The Morgan fingerprint density at radius 2 is 1.56 bits per heavy atom. The van der Waals surface area contributed by atoms with Gasteiger partial charge < -0.3 is 10.6 Å². The molecule has 0 spiro atoms. The summed E-state index contributed by atoms with van der Waals surface area (Å²) >= 11 is 0. The van der Waals surface area contributed by atoms with Gasteiger partial charge in [0.2, 0.25) is 0 Å². The minimum atomic E-state index is 0.687. The summed E-state index contributed by atoms with van der Waals surface area (Å²) in [5, 5.41) is 0. The number of nitrogens with two attached hydrogens (primary N) is 1. The van der Waals surface area contributed by atoms with E-state index >= 15 is 0 Å². The van der Waals surface area contributed by atoms with E-state index in [4.69, 9.17) is 5.73 Å². The lowest BCUT2D eigenvalue weighted by molar-refractivity contribution is 0.172. The molecule has 0 amide bonds. The van der Waals surface area contributed by atoms with E-state index in [1.54, 1.807) is 0 Å². The summed E-state index contributed by atoms with van der Waals surface area (Å²) in [7, 11) is 0. The number of nitrogen functional groups attached to an aromatic ring is 1. The molecule has 0 radical (unpaired) electrons. The van der Waals surface area contributed by atoms with Gasteiger partial charge >= 0.3 is 0 Å². The minimum Gasteiger partial charge on any atom is -0.399 e. The van der Waals surface area contributed by atoms with Gasteiger partial charge in [0.05, 0.1) is 0 Å². The monoisotopic (exact) mass is 248 g/mol. The van der Waals surface area contributed by atoms with E-state index in [-0.39, 0.29) is 0 Å². The van der Waals surface area contributed by atoms with Gasteiger partial charge in [0, 0.05) is 11.7 Å². The zero-order chi connectivity index (χ0) is 13.5. The number of nitrogens with zero attached hydrogens (tertiary/aromatic N) is 1. The summed E-state index contributed by atoms with van der Waals surface area (Å²) in [5.74, 6) is 0.732. The molecular weight excluding hydrogens is 220 g/mol. The van der Waals surface area contributed by atoms with E-state index in [1.807, 2.05) is 26.0 Å². The van der Waals surface area contributed by atoms with Gasteiger partial charge in [-0.25, -0.2) is 0 Å². The van der Waals surface area contributed by atoms with Gasteiger partial charge in [-0.2, -0.15) is 0 Å². The van der Waals surface area contributed by atoms with Crippen molar-refractivity contribution in [3.63, 3.8) is 0 Å². The summed E-state index contributed by atoms with van der Waals surface area (Å²) in [6, 6.07) is 9.09. The van der Waals surface area contributed by atoms with Gasteiger partial charge in [-0.1, -0.05) is 26.0 Å². The first kappa shape index (κ1) is 15.0. The zero-order valence-corrected chi connectivity index (χ0v) is 12.3. The van der Waals surface area contributed by atoms with E-state index in [9.17, 15) is 0 Å². The molecule has 0 bridgehead atoms. The Bertz CT molecular complexity index is 321. The molecule has 102 valence electrons. The molecule has 1 aromatic carbocycles. The molecule has 0 atom stereocenters. The maximum Gasteiger partial charge on any atom is 0.0314 e. The van der Waals surface area contributed by atoms with Gasteiger partial charge in [-0.3, -0.25) is 0 Å². The SMILES string of the molecule is CC.CC(C)N1CCC(c2ccc(N)cc2)CC1. The Kier molecular flexibility index (Phi) is 6.20. The summed E-state index contributed by atoms with van der Waals surface area (Å²) in [6.07, 6.45) is 2.56. The standard InChI is InChI=1S/C14H22N2.C2H6/c1-11(2)16-9-7-13(8-10-16)12-3-5-14(15)6-4-12;1-2/h3-6,11,13H,7-10,15H2,1-2H3;1-2H3. The molecule has 2 N–H and O–H groups in total. The molecule has 18 heavy (non-hydrogen) atoms. The number of piperidine rings is 1. The highest BCUT2D eigenvalue weighted by molar-refractivity contribution is 5.40. The highest BCUT2D eigenvalue weighted by atomic mass is 15.1. The molecule has 0 aliphatic carbocycles. The van der Waals surface area contributed by atoms with Crippen LogP contribution in [0.1, 0.15) is 52.0 Å². The topological polar surface area (TPSA) is 29.3 Å². The molecule has 1 aliphatic heterocycles. The summed E-state index contributed by atoms with van der Waals surface area (Å²) in [4.78, 5) is 2.56. The predicted molar refractivity (Wildman–Crippen MR) is 80.9 cm³/mol. The first-order valence-corrected chi connectivity index (χ1v) is 7.26. The van der Waals surface area contributed by atoms with Crippen molar-refractivity contribution < 1.29 is 0 Å². The summed E-state index contributed by atoms with van der Waals surface area (Å²) in [6.45, 7) is 11.0. The van der Waals surface area contributed by atoms with Crippen LogP contribution in [0.3, 0.4) is 0 Å². The van der Waals surface area contributed by atoms with Crippen molar-refractivity contribution in [1.82, 2.24) is 4.90 Å². The van der Waals surface area contributed by atoms with Gasteiger partial charge in [-0.05, 0) is 63.4 Å². The Hall–Kier alpha value is -1.02. The Morgan fingerprint density at radius 1 is 1.06 bits per heavy atom. The van der Waals surface area contributed by atoms with Crippen molar-refractivity contribution >= 4 is 5.69 Å². The molecule has 2 heteroatoms. The van der Waals surface area contributed by atoms with Crippen molar-refractivity contribution in [2.45, 2.75) is 52.5 Å². The van der Waals surface area contributed by atoms with Crippen LogP contribution >= 0.6 is 0 Å². The first-order chi connectivity index (χ1) is 8.66. The lowest BCUT2D eigenvalue weighted by Crippen LogP contribution is -2.37. The number of hydrogen-bond acceptors (Lipinski definition) is 2. The molecule has 1 heterocycles. The van der Waals surface area contributed by atoms with Crippen LogP contribution in [0.2, 0.25) is 0 Å². The second-order valence-corrected chi connectivity index (χ2v) is 5.07. The molecule has 0 unspecified atom stereocenters. The lowest BCUT2D eigenvalue weighted by atomic mass is 9.89. The molecule has 2 rings (SSSR count). The third kappa shape index (κ3) is 4.02. The van der Waals surface area contributed by atoms with Crippen LogP contribution in [-0.4, -0.2) is 24.0 Å². The van der Waals surface area contributed by atoms with Crippen LogP contribution in [0.25, 0.3) is 0 Å². The average molecular weight is 248 g/mol. The highest BCUT2D eigenvalue weighted by Gasteiger charge is 2.21. The molecule has 1 aromatic rings. The third-order valence-electron chi connectivity index (χ3n) is 3.67. The predicted octanol–water partition coefficient (Wildman–Crippen LogP) is 3.88. The normalized spacial score (nSPS) is 17.4. The average Bonchev–Trinajstić information content (AvgIpc) is 2.42. The van der Waals surface area contributed by atoms with Crippen LogP contribution in [0.5, 0.6) is 0 Å². The maximum absolute atomic E-state index is 5.71. The second kappa shape index (κ2) is 7.42. The highest BCUT2D eigenvalue weighted by Crippen LogP contribution is 2.29. The van der Waals surface area contributed by atoms with E-state index in [2.05, 4.69) is 30.9 Å². The van der Waals surface area contributed by atoms with Crippen LogP contribution in [0.4, 0.5) is 5.69 Å². The number of likely N-dealkylation sites (tertiary alicyclic amines) is 1. The second-order valence-electron chi connectivity index (χ2n) is 5.07. The van der Waals surface area contributed by atoms with Crippen LogP contribution in [0, 0.1) is 0 Å². The maximum atomic E-state index is 5.71. The fourth-order valence-corrected chi connectivity index (χ4v) is 2.52. The fourth-order valence-electron chi connectivity index (χ4n) is 2.52. The molecule has 0 saturated carbocycles.